The van der Waals surface area contributed by atoms with Gasteiger partial charge >= 0.3 is 0 Å². The first kappa shape index (κ1) is 24.7. The molecule has 4 fully saturated rings. The van der Waals surface area contributed by atoms with Crippen LogP contribution in [0.3, 0.4) is 0 Å². The zero-order valence-corrected chi connectivity index (χ0v) is 22.2. The predicted molar refractivity (Wildman–Crippen MR) is 148 cm³/mol. The Bertz CT molecular complexity index is 916. The van der Waals surface area contributed by atoms with Gasteiger partial charge < -0.3 is 10.2 Å². The van der Waals surface area contributed by atoms with Crippen LogP contribution in [-0.4, -0.2) is 10.2 Å². The molecule has 0 aromatic heterocycles. The lowest BCUT2D eigenvalue weighted by Gasteiger charge is -2.46. The molecule has 2 aromatic carbocycles. The summed E-state index contributed by atoms with van der Waals surface area (Å²) in [6, 6.07) is 17.3. The molecular weight excluding hydrogens is 440 g/mol. The van der Waals surface area contributed by atoms with E-state index in [9.17, 15) is 10.2 Å². The van der Waals surface area contributed by atoms with Crippen LogP contribution in [0.25, 0.3) is 11.1 Å². The van der Waals surface area contributed by atoms with Gasteiger partial charge in [0, 0.05) is 0 Å². The van der Waals surface area contributed by atoms with Crippen molar-refractivity contribution >= 4 is 0 Å². The second-order valence-corrected chi connectivity index (χ2v) is 13.3. The maximum atomic E-state index is 11.5. The Kier molecular flexibility index (Phi) is 6.57. The van der Waals surface area contributed by atoms with Crippen LogP contribution in [0.1, 0.15) is 127 Å². The van der Waals surface area contributed by atoms with Gasteiger partial charge in [0.1, 0.15) is 0 Å². The molecule has 0 aliphatic heterocycles. The Labute approximate surface area is 218 Å². The normalized spacial score (nSPS) is 29.3. The molecule has 0 saturated heterocycles. The maximum absolute atomic E-state index is 11.5. The van der Waals surface area contributed by atoms with Gasteiger partial charge in [-0.15, -0.1) is 0 Å². The highest BCUT2D eigenvalue weighted by molar-refractivity contribution is 5.64. The van der Waals surface area contributed by atoms with Crippen LogP contribution in [0.2, 0.25) is 0 Å². The van der Waals surface area contributed by atoms with Crippen molar-refractivity contribution in [1.29, 1.82) is 0 Å². The lowest BCUT2D eigenvalue weighted by Crippen LogP contribution is -2.38. The summed E-state index contributed by atoms with van der Waals surface area (Å²) in [5.74, 6) is 0. The Morgan fingerprint density at radius 1 is 0.361 bits per heavy atom. The number of rotatable bonds is 3. The fourth-order valence-electron chi connectivity index (χ4n) is 8.51. The molecular formula is C34H46O2. The predicted octanol–water partition coefficient (Wildman–Crippen LogP) is 8.78. The third kappa shape index (κ3) is 4.69. The van der Waals surface area contributed by atoms with Crippen molar-refractivity contribution in [3.63, 3.8) is 0 Å². The number of hydrogen-bond acceptors (Lipinski definition) is 2. The highest BCUT2D eigenvalue weighted by Gasteiger charge is 2.44. The Hall–Kier alpha value is -1.64. The minimum atomic E-state index is -0.662. The van der Waals surface area contributed by atoms with Crippen LogP contribution in [0.15, 0.2) is 48.5 Å². The summed E-state index contributed by atoms with van der Waals surface area (Å²) in [6.07, 6.45) is 22.1. The molecule has 0 heterocycles. The molecule has 2 heteroatoms. The van der Waals surface area contributed by atoms with Gasteiger partial charge in [0.15, 0.2) is 0 Å². The van der Waals surface area contributed by atoms with Gasteiger partial charge in [0.25, 0.3) is 0 Å². The van der Waals surface area contributed by atoms with E-state index in [1.165, 1.54) is 101 Å². The summed E-state index contributed by atoms with van der Waals surface area (Å²) in [5.41, 5.74) is 4.26. The average molecular weight is 487 g/mol. The summed E-state index contributed by atoms with van der Waals surface area (Å²) < 4.78 is 0. The van der Waals surface area contributed by atoms with E-state index >= 15 is 0 Å². The highest BCUT2D eigenvalue weighted by Crippen LogP contribution is 2.53. The number of hydrogen-bond donors (Lipinski definition) is 2. The third-order valence-corrected chi connectivity index (χ3v) is 11.3. The highest BCUT2D eigenvalue weighted by atomic mass is 16.3. The van der Waals surface area contributed by atoms with E-state index in [2.05, 4.69) is 48.5 Å². The first-order valence-corrected chi connectivity index (χ1v) is 15.1. The van der Waals surface area contributed by atoms with Gasteiger partial charge in [-0.3, -0.25) is 0 Å². The molecule has 2 N–H and O–H groups in total. The van der Waals surface area contributed by atoms with Crippen molar-refractivity contribution in [3.05, 3.63) is 59.7 Å². The molecule has 0 amide bonds. The van der Waals surface area contributed by atoms with Gasteiger partial charge in [-0.25, -0.2) is 0 Å². The molecule has 194 valence electrons. The van der Waals surface area contributed by atoms with Crippen molar-refractivity contribution in [2.75, 3.05) is 0 Å². The minimum absolute atomic E-state index is 0.519. The van der Waals surface area contributed by atoms with Gasteiger partial charge in [0.05, 0.1) is 11.2 Å². The van der Waals surface area contributed by atoms with Gasteiger partial charge in [-0.2, -0.15) is 0 Å². The fraction of sp³-hybridized carbons (Fsp3) is 0.647. The standard InChI is InChI=1S/C34H46O2/c35-33(23-19-31(20-24-33)15-3-1-4-16-31)29-11-7-27(8-12-29)28-9-13-30(14-10-28)34(36)25-21-32(22-26-34)17-5-2-6-18-32/h7-14,35-36H,1-6,15-26H2. The van der Waals surface area contributed by atoms with E-state index in [4.69, 9.17) is 0 Å². The summed E-state index contributed by atoms with van der Waals surface area (Å²) in [5, 5.41) is 23.0. The summed E-state index contributed by atoms with van der Waals surface area (Å²) in [7, 11) is 0. The summed E-state index contributed by atoms with van der Waals surface area (Å²) in [6.45, 7) is 0. The van der Waals surface area contributed by atoms with Crippen molar-refractivity contribution in [2.45, 2.75) is 127 Å². The molecule has 0 radical (unpaired) electrons. The van der Waals surface area contributed by atoms with Gasteiger partial charge in [-0.05, 0) is 110 Å². The molecule has 4 aliphatic rings. The molecule has 4 aliphatic carbocycles. The lowest BCUT2D eigenvalue weighted by atomic mass is 9.61. The van der Waals surface area contributed by atoms with E-state index in [-0.39, 0.29) is 0 Å². The first-order valence-electron chi connectivity index (χ1n) is 15.1. The second kappa shape index (κ2) is 9.59. The van der Waals surface area contributed by atoms with Crippen LogP contribution in [0.5, 0.6) is 0 Å². The van der Waals surface area contributed by atoms with Crippen molar-refractivity contribution in [3.8, 4) is 11.1 Å². The van der Waals surface area contributed by atoms with E-state index < -0.39 is 11.2 Å². The quantitative estimate of drug-likeness (QED) is 0.455. The van der Waals surface area contributed by atoms with E-state index in [0.717, 1.165) is 36.8 Å². The zero-order chi connectivity index (χ0) is 24.7. The Morgan fingerprint density at radius 2 is 0.667 bits per heavy atom. The summed E-state index contributed by atoms with van der Waals surface area (Å²) in [4.78, 5) is 0. The van der Waals surface area contributed by atoms with E-state index in [1.54, 1.807) is 0 Å². The Balaban J connectivity index is 1.10. The van der Waals surface area contributed by atoms with Crippen molar-refractivity contribution in [1.82, 2.24) is 0 Å². The molecule has 2 aromatic rings. The van der Waals surface area contributed by atoms with E-state index in [0.29, 0.717) is 10.8 Å². The monoisotopic (exact) mass is 486 g/mol. The van der Waals surface area contributed by atoms with Crippen LogP contribution in [0, 0.1) is 10.8 Å². The first-order chi connectivity index (χ1) is 17.4. The maximum Gasteiger partial charge on any atom is 0.0897 e. The molecule has 36 heavy (non-hydrogen) atoms. The fourth-order valence-corrected chi connectivity index (χ4v) is 8.51. The molecule has 0 unspecified atom stereocenters. The van der Waals surface area contributed by atoms with Crippen molar-refractivity contribution < 1.29 is 10.2 Å². The SMILES string of the molecule is OC1(c2ccc(-c3ccc(C4(O)CCC5(CCCCC5)CC4)cc3)cc2)CCC2(CCCCC2)CC1. The zero-order valence-electron chi connectivity index (χ0n) is 22.2. The second-order valence-electron chi connectivity index (χ2n) is 13.3. The minimum Gasteiger partial charge on any atom is -0.385 e. The number of aliphatic hydroxyl groups is 2. The molecule has 2 nitrogen and oxygen atoms in total. The van der Waals surface area contributed by atoms with Gasteiger partial charge in [0.2, 0.25) is 0 Å². The summed E-state index contributed by atoms with van der Waals surface area (Å²) >= 11 is 0. The molecule has 0 atom stereocenters. The van der Waals surface area contributed by atoms with Crippen LogP contribution < -0.4 is 0 Å². The van der Waals surface area contributed by atoms with Crippen molar-refractivity contribution in [2.24, 2.45) is 10.8 Å². The van der Waals surface area contributed by atoms with E-state index in [1.807, 2.05) is 0 Å². The lowest BCUT2D eigenvalue weighted by molar-refractivity contribution is -0.0490. The number of benzene rings is 2. The van der Waals surface area contributed by atoms with Crippen LogP contribution in [0.4, 0.5) is 0 Å². The van der Waals surface area contributed by atoms with Crippen LogP contribution in [-0.2, 0) is 11.2 Å². The van der Waals surface area contributed by atoms with Gasteiger partial charge in [-0.1, -0.05) is 87.1 Å². The average Bonchev–Trinajstić information content (AvgIpc) is 2.94. The molecule has 0 bridgehead atoms. The topological polar surface area (TPSA) is 40.5 Å². The smallest absolute Gasteiger partial charge is 0.0897 e. The third-order valence-electron chi connectivity index (χ3n) is 11.3. The largest absolute Gasteiger partial charge is 0.385 e. The van der Waals surface area contributed by atoms with Crippen LogP contribution >= 0.6 is 0 Å². The molecule has 4 saturated carbocycles. The molecule has 2 spiro atoms. The molecule has 6 rings (SSSR count). The Morgan fingerprint density at radius 3 is 0.972 bits per heavy atom.